The molecule has 1 aliphatic rings. The van der Waals surface area contributed by atoms with Gasteiger partial charge in [0.15, 0.2) is 0 Å². The molecule has 0 fully saturated rings. The molecular formula is C27H36FN3O4. The van der Waals surface area contributed by atoms with Crippen LogP contribution in [0.15, 0.2) is 42.5 Å². The van der Waals surface area contributed by atoms with Gasteiger partial charge in [0, 0.05) is 44.5 Å². The lowest BCUT2D eigenvalue weighted by Crippen LogP contribution is -2.46. The van der Waals surface area contributed by atoms with E-state index in [2.05, 4.69) is 31.0 Å². The average Bonchev–Trinajstić information content (AvgIpc) is 2.85. The monoisotopic (exact) mass is 485 g/mol. The van der Waals surface area contributed by atoms with E-state index in [-0.39, 0.29) is 24.0 Å². The number of halogens is 1. The minimum atomic E-state index is -0.414. The van der Waals surface area contributed by atoms with E-state index in [4.69, 9.17) is 9.47 Å². The lowest BCUT2D eigenvalue weighted by molar-refractivity contribution is 0.0108. The lowest BCUT2D eigenvalue weighted by Gasteiger charge is -2.35. The van der Waals surface area contributed by atoms with E-state index in [9.17, 15) is 14.0 Å². The first-order valence-corrected chi connectivity index (χ1v) is 12.1. The number of hydrogen-bond donors (Lipinski definition) is 1. The maximum Gasteiger partial charge on any atom is 0.257 e. The van der Waals surface area contributed by atoms with Crippen LogP contribution in [0.2, 0.25) is 0 Å². The third kappa shape index (κ3) is 6.80. The number of nitrogens with zero attached hydrogens (tertiary/aromatic N) is 2. The van der Waals surface area contributed by atoms with Gasteiger partial charge in [0.05, 0.1) is 11.7 Å². The van der Waals surface area contributed by atoms with Crippen LogP contribution in [0.4, 0.5) is 10.1 Å². The summed E-state index contributed by atoms with van der Waals surface area (Å²) in [5, 5.41) is 2.79. The number of amides is 2. The summed E-state index contributed by atoms with van der Waals surface area (Å²) < 4.78 is 25.1. The highest BCUT2D eigenvalue weighted by molar-refractivity contribution is 6.05. The van der Waals surface area contributed by atoms with Crippen LogP contribution in [0.3, 0.4) is 0 Å². The fraction of sp³-hybridized carbons (Fsp3) is 0.481. The summed E-state index contributed by atoms with van der Waals surface area (Å²) in [6.07, 6.45) is 0.904. The summed E-state index contributed by atoms with van der Waals surface area (Å²) in [5.41, 5.74) is 1.13. The number of carbonyl (C=O) groups is 2. The summed E-state index contributed by atoms with van der Waals surface area (Å²) in [7, 11) is 3.42. The zero-order valence-corrected chi connectivity index (χ0v) is 21.2. The molecule has 2 amide bonds. The van der Waals surface area contributed by atoms with E-state index in [1.54, 1.807) is 37.3 Å². The molecule has 0 aromatic heterocycles. The van der Waals surface area contributed by atoms with Gasteiger partial charge >= 0.3 is 0 Å². The second-order valence-electron chi connectivity index (χ2n) is 9.26. The Hall–Kier alpha value is -2.97. The van der Waals surface area contributed by atoms with Crippen molar-refractivity contribution in [3.8, 4) is 5.75 Å². The van der Waals surface area contributed by atoms with E-state index in [0.717, 1.165) is 19.5 Å². The maximum absolute atomic E-state index is 13.4. The van der Waals surface area contributed by atoms with Gasteiger partial charge in [-0.3, -0.25) is 14.5 Å². The predicted octanol–water partition coefficient (Wildman–Crippen LogP) is 4.29. The summed E-state index contributed by atoms with van der Waals surface area (Å²) >= 11 is 0. The van der Waals surface area contributed by atoms with Crippen LogP contribution < -0.4 is 10.1 Å². The number of fused-ring (bicyclic) bond motifs is 1. The van der Waals surface area contributed by atoms with Gasteiger partial charge in [0.2, 0.25) is 0 Å². The zero-order chi connectivity index (χ0) is 25.5. The van der Waals surface area contributed by atoms with E-state index in [1.807, 2.05) is 0 Å². The van der Waals surface area contributed by atoms with Crippen molar-refractivity contribution in [2.24, 2.45) is 5.92 Å². The normalized spacial score (nSPS) is 21.9. The molecule has 190 valence electrons. The Kier molecular flexibility index (Phi) is 9.23. The minimum absolute atomic E-state index is 0.124. The molecule has 1 N–H and O–H groups in total. The van der Waals surface area contributed by atoms with Crippen molar-refractivity contribution in [3.63, 3.8) is 0 Å². The van der Waals surface area contributed by atoms with Gasteiger partial charge in [-0.1, -0.05) is 13.8 Å². The molecule has 0 bridgehead atoms. The van der Waals surface area contributed by atoms with Gasteiger partial charge < -0.3 is 19.7 Å². The summed E-state index contributed by atoms with van der Waals surface area (Å²) in [4.78, 5) is 30.1. The van der Waals surface area contributed by atoms with Crippen LogP contribution >= 0.6 is 0 Å². The molecule has 0 saturated heterocycles. The largest absolute Gasteiger partial charge is 0.491 e. The molecular weight excluding hydrogens is 449 g/mol. The summed E-state index contributed by atoms with van der Waals surface area (Å²) in [5.74, 6) is -0.345. The van der Waals surface area contributed by atoms with Crippen LogP contribution in [0.25, 0.3) is 0 Å². The fourth-order valence-electron chi connectivity index (χ4n) is 4.33. The lowest BCUT2D eigenvalue weighted by atomic mass is 10.0. The molecule has 0 unspecified atom stereocenters. The highest BCUT2D eigenvalue weighted by Gasteiger charge is 2.28. The van der Waals surface area contributed by atoms with Gasteiger partial charge in [-0.15, -0.1) is 0 Å². The minimum Gasteiger partial charge on any atom is -0.491 e. The first kappa shape index (κ1) is 26.6. The van der Waals surface area contributed by atoms with Gasteiger partial charge in [-0.25, -0.2) is 4.39 Å². The molecule has 3 rings (SSSR count). The maximum atomic E-state index is 13.4. The second-order valence-corrected chi connectivity index (χ2v) is 9.26. The van der Waals surface area contributed by atoms with Gasteiger partial charge in [-0.2, -0.15) is 0 Å². The number of carbonyl (C=O) groups excluding carboxylic acids is 2. The van der Waals surface area contributed by atoms with Crippen LogP contribution in [-0.4, -0.2) is 74.2 Å². The number of methoxy groups -OCH3 is 1. The molecule has 7 nitrogen and oxygen atoms in total. The SMILES string of the molecule is CCCN1C[C@H](C)[C@@H](OC)CN(C)C(=O)c2cc(NC(=O)c3ccc(F)cc3)ccc2OC[C@H]1C. The summed E-state index contributed by atoms with van der Waals surface area (Å²) in [6, 6.07) is 10.5. The van der Waals surface area contributed by atoms with Crippen molar-refractivity contribution in [2.75, 3.05) is 45.7 Å². The highest BCUT2D eigenvalue weighted by atomic mass is 19.1. The molecule has 2 aromatic carbocycles. The Morgan fingerprint density at radius 1 is 1.17 bits per heavy atom. The molecule has 0 aliphatic carbocycles. The third-order valence-corrected chi connectivity index (χ3v) is 6.45. The number of nitrogens with one attached hydrogen (secondary N) is 1. The number of likely N-dealkylation sites (N-methyl/N-ethyl adjacent to an activating group) is 1. The highest BCUT2D eigenvalue weighted by Crippen LogP contribution is 2.27. The molecule has 2 aromatic rings. The number of ether oxygens (including phenoxy) is 2. The van der Waals surface area contributed by atoms with Crippen molar-refractivity contribution >= 4 is 17.5 Å². The Labute approximate surface area is 207 Å². The molecule has 0 radical (unpaired) electrons. The molecule has 0 saturated carbocycles. The number of rotatable bonds is 5. The molecule has 0 spiro atoms. The van der Waals surface area contributed by atoms with Crippen LogP contribution in [0, 0.1) is 11.7 Å². The van der Waals surface area contributed by atoms with Crippen molar-refractivity contribution < 1.29 is 23.5 Å². The van der Waals surface area contributed by atoms with Crippen LogP contribution in [0.5, 0.6) is 5.75 Å². The van der Waals surface area contributed by atoms with Crippen molar-refractivity contribution in [2.45, 2.75) is 39.3 Å². The summed E-state index contributed by atoms with van der Waals surface area (Å²) in [6.45, 7) is 9.07. The van der Waals surface area contributed by atoms with Gasteiger partial charge in [0.1, 0.15) is 18.2 Å². The van der Waals surface area contributed by atoms with E-state index in [0.29, 0.717) is 35.7 Å². The van der Waals surface area contributed by atoms with Gasteiger partial charge in [-0.05, 0) is 68.3 Å². The smallest absolute Gasteiger partial charge is 0.257 e. The predicted molar refractivity (Wildman–Crippen MR) is 135 cm³/mol. The van der Waals surface area contributed by atoms with Crippen molar-refractivity contribution in [1.29, 1.82) is 0 Å². The fourth-order valence-corrected chi connectivity index (χ4v) is 4.33. The quantitative estimate of drug-likeness (QED) is 0.684. The first-order valence-electron chi connectivity index (χ1n) is 12.1. The molecule has 3 atom stereocenters. The standard InChI is InChI=1S/C27H36FN3O4/c1-6-13-31-15-18(2)25(34-5)16-30(4)27(33)23-14-22(11-12-24(23)35-17-19(31)3)29-26(32)20-7-9-21(28)10-8-20/h7-12,14,18-19,25H,6,13,15-17H2,1-5H3,(H,29,32)/t18-,19+,25-/m0/s1. The Bertz CT molecular complexity index is 1010. The number of hydrogen-bond acceptors (Lipinski definition) is 5. The first-order chi connectivity index (χ1) is 16.7. The Morgan fingerprint density at radius 3 is 2.54 bits per heavy atom. The number of benzene rings is 2. The van der Waals surface area contributed by atoms with E-state index >= 15 is 0 Å². The molecule has 35 heavy (non-hydrogen) atoms. The molecule has 1 aliphatic heterocycles. The number of anilines is 1. The van der Waals surface area contributed by atoms with Crippen molar-refractivity contribution in [3.05, 3.63) is 59.4 Å². The Morgan fingerprint density at radius 2 is 1.89 bits per heavy atom. The van der Waals surface area contributed by atoms with E-state index in [1.165, 1.54) is 24.3 Å². The van der Waals surface area contributed by atoms with Crippen LogP contribution in [-0.2, 0) is 4.74 Å². The average molecular weight is 486 g/mol. The second kappa shape index (κ2) is 12.1. The van der Waals surface area contributed by atoms with E-state index < -0.39 is 11.7 Å². The molecule has 8 heteroatoms. The third-order valence-electron chi connectivity index (χ3n) is 6.45. The van der Waals surface area contributed by atoms with Crippen molar-refractivity contribution in [1.82, 2.24) is 9.80 Å². The van der Waals surface area contributed by atoms with Gasteiger partial charge in [0.25, 0.3) is 11.8 Å². The molecule has 1 heterocycles. The Balaban J connectivity index is 1.91. The topological polar surface area (TPSA) is 71.1 Å². The zero-order valence-electron chi connectivity index (χ0n) is 21.2. The van der Waals surface area contributed by atoms with Crippen LogP contribution in [0.1, 0.15) is 47.9 Å².